The topological polar surface area (TPSA) is 9.23 Å². The van der Waals surface area contributed by atoms with Crippen LogP contribution in [-0.2, 0) is 4.74 Å². The highest BCUT2D eigenvalue weighted by Crippen LogP contribution is 2.47. The lowest BCUT2D eigenvalue weighted by atomic mass is 9.90. The smallest absolute Gasteiger partial charge is 0.367 e. The number of rotatable bonds is 0. The first kappa shape index (κ1) is 10.4. The molecule has 0 spiro atoms. The monoisotopic (exact) mass is 194 g/mol. The van der Waals surface area contributed by atoms with Gasteiger partial charge in [-0.2, -0.15) is 13.2 Å². The number of halogens is 3. The summed E-state index contributed by atoms with van der Waals surface area (Å²) in [5, 5.41) is 0. The SMILES string of the molecule is C[C@H]1[CH]([Al])CO[C@@]1(C)C(F)(F)F. The Bertz CT molecular complexity index is 182. The molecule has 1 unspecified atom stereocenters. The summed E-state index contributed by atoms with van der Waals surface area (Å²) in [6.45, 7) is 2.85. The molecule has 0 aliphatic carbocycles. The molecule has 5 heteroatoms. The van der Waals surface area contributed by atoms with Gasteiger partial charge in [-0.1, -0.05) is 11.7 Å². The molecule has 0 aromatic carbocycles. The van der Waals surface area contributed by atoms with Crippen LogP contribution in [-0.4, -0.2) is 34.7 Å². The van der Waals surface area contributed by atoms with Crippen molar-refractivity contribution in [1.82, 2.24) is 0 Å². The molecule has 0 bridgehead atoms. The highest BCUT2D eigenvalue weighted by molar-refractivity contribution is 6.12. The lowest BCUT2D eigenvalue weighted by molar-refractivity contribution is -0.266. The van der Waals surface area contributed by atoms with Gasteiger partial charge in [-0.05, 0) is 12.8 Å². The molecular formula is C7H10AlF3O. The molecule has 1 nitrogen and oxygen atoms in total. The van der Waals surface area contributed by atoms with E-state index in [0.29, 0.717) is 0 Å². The summed E-state index contributed by atoms with van der Waals surface area (Å²) in [4.78, 5) is 0. The van der Waals surface area contributed by atoms with Gasteiger partial charge in [0.15, 0.2) is 5.60 Å². The summed E-state index contributed by atoms with van der Waals surface area (Å²) < 4.78 is 42.0. The van der Waals surface area contributed by atoms with Gasteiger partial charge in [-0.3, -0.25) is 0 Å². The second kappa shape index (κ2) is 2.90. The zero-order chi connectivity index (χ0) is 9.57. The van der Waals surface area contributed by atoms with Crippen molar-refractivity contribution < 1.29 is 17.9 Å². The predicted molar refractivity (Wildman–Crippen MR) is 39.1 cm³/mol. The number of hydrogen-bond acceptors (Lipinski definition) is 1. The van der Waals surface area contributed by atoms with Crippen molar-refractivity contribution in [2.45, 2.75) is 30.4 Å². The Morgan fingerprint density at radius 3 is 2.17 bits per heavy atom. The fourth-order valence-electron chi connectivity index (χ4n) is 1.29. The lowest BCUT2D eigenvalue weighted by Crippen LogP contribution is -2.46. The quantitative estimate of drug-likeness (QED) is 0.535. The van der Waals surface area contributed by atoms with Crippen LogP contribution in [0, 0.1) is 5.92 Å². The van der Waals surface area contributed by atoms with E-state index in [1.807, 2.05) is 0 Å². The highest BCUT2D eigenvalue weighted by Gasteiger charge is 2.59. The summed E-state index contributed by atoms with van der Waals surface area (Å²) in [6.07, 6.45) is -4.27. The van der Waals surface area contributed by atoms with Crippen LogP contribution in [0.2, 0.25) is 4.78 Å². The van der Waals surface area contributed by atoms with Crippen LogP contribution < -0.4 is 0 Å². The predicted octanol–water partition coefficient (Wildman–Crippen LogP) is 1.93. The third kappa shape index (κ3) is 1.39. The molecular weight excluding hydrogens is 184 g/mol. The normalized spacial score (nSPS) is 43.4. The lowest BCUT2D eigenvalue weighted by Gasteiger charge is -2.31. The molecule has 0 aromatic rings. The van der Waals surface area contributed by atoms with Gasteiger partial charge in [0, 0.05) is 6.61 Å². The molecule has 68 valence electrons. The van der Waals surface area contributed by atoms with Gasteiger partial charge < -0.3 is 4.74 Å². The van der Waals surface area contributed by atoms with Crippen LogP contribution in [0.15, 0.2) is 0 Å². The fraction of sp³-hybridized carbons (Fsp3) is 1.00. The van der Waals surface area contributed by atoms with E-state index in [1.54, 1.807) is 6.92 Å². The number of ether oxygens (including phenoxy) is 1. The molecule has 1 aliphatic heterocycles. The third-order valence-corrected chi connectivity index (χ3v) is 3.42. The van der Waals surface area contributed by atoms with Crippen LogP contribution in [0.25, 0.3) is 0 Å². The molecule has 0 aromatic heterocycles. The molecule has 3 atom stereocenters. The fourth-order valence-corrected chi connectivity index (χ4v) is 1.76. The van der Waals surface area contributed by atoms with Gasteiger partial charge >= 0.3 is 6.18 Å². The van der Waals surface area contributed by atoms with Gasteiger partial charge in [0.1, 0.15) is 16.3 Å². The van der Waals surface area contributed by atoms with Crippen molar-refractivity contribution in [3.63, 3.8) is 0 Å². The van der Waals surface area contributed by atoms with Crippen molar-refractivity contribution in [2.75, 3.05) is 6.61 Å². The molecule has 1 fully saturated rings. The second-order valence-corrected chi connectivity index (χ2v) is 4.22. The van der Waals surface area contributed by atoms with Crippen LogP contribution in [0.4, 0.5) is 13.2 Å². The number of hydrogen-bond donors (Lipinski definition) is 0. The van der Waals surface area contributed by atoms with Gasteiger partial charge in [0.05, 0.1) is 0 Å². The average Bonchev–Trinajstić information content (AvgIpc) is 2.16. The Balaban J connectivity index is 2.86. The molecule has 0 N–H and O–H groups in total. The second-order valence-electron chi connectivity index (χ2n) is 3.37. The number of alkyl halides is 3. The van der Waals surface area contributed by atoms with Crippen molar-refractivity contribution >= 4 is 16.3 Å². The Kier molecular flexibility index (Phi) is 2.50. The van der Waals surface area contributed by atoms with Gasteiger partial charge in [-0.15, -0.1) is 0 Å². The van der Waals surface area contributed by atoms with E-state index < -0.39 is 17.7 Å². The third-order valence-electron chi connectivity index (χ3n) is 2.65. The van der Waals surface area contributed by atoms with Crippen molar-refractivity contribution in [3.8, 4) is 0 Å². The Labute approximate surface area is 77.7 Å². The molecule has 1 rings (SSSR count). The Morgan fingerprint density at radius 2 is 2.00 bits per heavy atom. The van der Waals surface area contributed by atoms with Gasteiger partial charge in [0.2, 0.25) is 0 Å². The van der Waals surface area contributed by atoms with Crippen molar-refractivity contribution in [3.05, 3.63) is 0 Å². The van der Waals surface area contributed by atoms with E-state index in [2.05, 4.69) is 16.3 Å². The van der Waals surface area contributed by atoms with E-state index in [4.69, 9.17) is 4.74 Å². The Hall–Kier alpha value is 0.282. The first-order valence-electron chi connectivity index (χ1n) is 3.75. The van der Waals surface area contributed by atoms with Crippen LogP contribution >= 0.6 is 0 Å². The summed E-state index contributed by atoms with van der Waals surface area (Å²) in [5.74, 6) is -0.498. The largest absolute Gasteiger partial charge is 0.417 e. The minimum Gasteiger partial charge on any atom is -0.367 e. The summed E-state index contributed by atoms with van der Waals surface area (Å²) in [6, 6.07) is 0. The van der Waals surface area contributed by atoms with Gasteiger partial charge in [0.25, 0.3) is 0 Å². The molecule has 1 saturated heterocycles. The van der Waals surface area contributed by atoms with E-state index in [-0.39, 0.29) is 11.4 Å². The Morgan fingerprint density at radius 1 is 1.50 bits per heavy atom. The molecule has 0 saturated carbocycles. The first-order chi connectivity index (χ1) is 5.29. The van der Waals surface area contributed by atoms with Gasteiger partial charge in [-0.25, -0.2) is 0 Å². The van der Waals surface area contributed by atoms with Crippen LogP contribution in [0.5, 0.6) is 0 Å². The van der Waals surface area contributed by atoms with Crippen LogP contribution in [0.1, 0.15) is 13.8 Å². The maximum absolute atomic E-state index is 12.4. The van der Waals surface area contributed by atoms with E-state index >= 15 is 0 Å². The zero-order valence-corrected chi connectivity index (χ0v) is 8.14. The van der Waals surface area contributed by atoms with Crippen LogP contribution in [0.3, 0.4) is 0 Å². The molecule has 12 heavy (non-hydrogen) atoms. The minimum atomic E-state index is -4.27. The zero-order valence-electron chi connectivity index (χ0n) is 6.98. The summed E-state index contributed by atoms with van der Waals surface area (Å²) in [7, 11) is 0. The molecule has 1 aliphatic rings. The van der Waals surface area contributed by atoms with E-state index in [1.165, 1.54) is 0 Å². The standard InChI is InChI=1S/C7H10F3O.Al/c1-5-3-4-11-6(5,2)7(8,9)10;/h3,5H,4H2,1-2H3;/t5-,6+;/m0./s1. The summed E-state index contributed by atoms with van der Waals surface area (Å²) >= 11 is 2.39. The van der Waals surface area contributed by atoms with Crippen molar-refractivity contribution in [2.24, 2.45) is 5.92 Å². The maximum Gasteiger partial charge on any atom is 0.417 e. The summed E-state index contributed by atoms with van der Waals surface area (Å²) in [5.41, 5.74) is -1.96. The van der Waals surface area contributed by atoms with Crippen molar-refractivity contribution in [1.29, 1.82) is 0 Å². The maximum atomic E-state index is 12.4. The molecule has 1 heterocycles. The molecule has 2 radical (unpaired) electrons. The first-order valence-corrected chi connectivity index (χ1v) is 4.42. The highest BCUT2D eigenvalue weighted by atomic mass is 27.0. The molecule has 0 amide bonds. The van der Waals surface area contributed by atoms with E-state index in [9.17, 15) is 13.2 Å². The van der Waals surface area contributed by atoms with E-state index in [0.717, 1.165) is 6.92 Å². The average molecular weight is 194 g/mol. The minimum absolute atomic E-state index is 0.100.